The highest BCUT2D eigenvalue weighted by atomic mass is 35.5. The highest BCUT2D eigenvalue weighted by Crippen LogP contribution is 2.22. The van der Waals surface area contributed by atoms with E-state index in [9.17, 15) is 19.5 Å². The van der Waals surface area contributed by atoms with E-state index in [1.807, 2.05) is 0 Å². The van der Waals surface area contributed by atoms with Crippen molar-refractivity contribution in [2.75, 3.05) is 0 Å². The second kappa shape index (κ2) is 6.78. The molecule has 0 saturated heterocycles. The number of hydrogen-bond acceptors (Lipinski definition) is 3. The number of aliphatic carboxylic acids is 1. The van der Waals surface area contributed by atoms with Crippen molar-refractivity contribution in [2.24, 2.45) is 0 Å². The normalized spacial score (nSPS) is 11.9. The molecule has 1 aromatic heterocycles. The number of H-pyrrole nitrogens is 1. The molecule has 0 spiro atoms. The van der Waals surface area contributed by atoms with Gasteiger partial charge in [0.05, 0.1) is 0 Å². The molecule has 7 heteroatoms. The van der Waals surface area contributed by atoms with E-state index < -0.39 is 23.5 Å². The van der Waals surface area contributed by atoms with Crippen molar-refractivity contribution in [2.45, 2.75) is 6.04 Å². The standard InChI is InChI=1S/C18H13ClN2O4/c19-11-7-5-10(6-8-11)17(23)21-16(18(24)25)13-9-15(22)20-14-4-2-1-3-12(13)14/h1-9,16H,(H,20,22)(H,21,23)(H,24,25). The van der Waals surface area contributed by atoms with E-state index in [0.29, 0.717) is 15.9 Å². The molecule has 126 valence electrons. The van der Waals surface area contributed by atoms with Crippen molar-refractivity contribution in [1.29, 1.82) is 0 Å². The molecule has 6 nitrogen and oxygen atoms in total. The van der Waals surface area contributed by atoms with Gasteiger partial charge in [-0.15, -0.1) is 0 Å². The van der Waals surface area contributed by atoms with Crippen molar-refractivity contribution < 1.29 is 14.7 Å². The number of benzene rings is 2. The van der Waals surface area contributed by atoms with E-state index in [1.54, 1.807) is 24.3 Å². The Hall–Kier alpha value is -3.12. The van der Waals surface area contributed by atoms with Gasteiger partial charge in [-0.2, -0.15) is 0 Å². The maximum atomic E-state index is 12.4. The van der Waals surface area contributed by atoms with Crippen molar-refractivity contribution >= 4 is 34.4 Å². The first-order valence-corrected chi connectivity index (χ1v) is 7.75. The number of carbonyl (C=O) groups is 2. The van der Waals surface area contributed by atoms with E-state index in [1.165, 1.54) is 30.3 Å². The van der Waals surface area contributed by atoms with Gasteiger partial charge in [0.2, 0.25) is 5.56 Å². The number of para-hydroxylation sites is 1. The van der Waals surface area contributed by atoms with Gasteiger partial charge in [0.15, 0.2) is 6.04 Å². The Morgan fingerprint density at radius 3 is 2.44 bits per heavy atom. The van der Waals surface area contributed by atoms with Crippen LogP contribution in [0.3, 0.4) is 0 Å². The summed E-state index contributed by atoms with van der Waals surface area (Å²) < 4.78 is 0. The highest BCUT2D eigenvalue weighted by molar-refractivity contribution is 6.30. The van der Waals surface area contributed by atoms with Gasteiger partial charge in [0.25, 0.3) is 5.91 Å². The molecule has 3 rings (SSSR count). The maximum Gasteiger partial charge on any atom is 0.330 e. The fourth-order valence-electron chi connectivity index (χ4n) is 2.56. The Labute approximate surface area is 147 Å². The fourth-order valence-corrected chi connectivity index (χ4v) is 2.68. The lowest BCUT2D eigenvalue weighted by Crippen LogP contribution is -2.34. The van der Waals surface area contributed by atoms with Crippen LogP contribution in [0.25, 0.3) is 10.9 Å². The quantitative estimate of drug-likeness (QED) is 0.669. The van der Waals surface area contributed by atoms with Gasteiger partial charge >= 0.3 is 5.97 Å². The third-order valence-electron chi connectivity index (χ3n) is 3.72. The summed E-state index contributed by atoms with van der Waals surface area (Å²) >= 11 is 5.79. The van der Waals surface area contributed by atoms with Crippen molar-refractivity contribution in [3.8, 4) is 0 Å². The number of aromatic nitrogens is 1. The maximum absolute atomic E-state index is 12.4. The topological polar surface area (TPSA) is 99.3 Å². The molecule has 0 aliphatic heterocycles. The van der Waals surface area contributed by atoms with Crippen LogP contribution < -0.4 is 10.9 Å². The molecule has 0 aliphatic carbocycles. The lowest BCUT2D eigenvalue weighted by molar-refractivity contribution is -0.139. The molecule has 1 heterocycles. The number of fused-ring (bicyclic) bond motifs is 1. The Kier molecular flexibility index (Phi) is 4.54. The van der Waals surface area contributed by atoms with Crippen LogP contribution in [0.4, 0.5) is 0 Å². The second-order valence-corrected chi connectivity index (χ2v) is 5.82. The summed E-state index contributed by atoms with van der Waals surface area (Å²) in [6, 6.07) is 12.7. The van der Waals surface area contributed by atoms with E-state index in [-0.39, 0.29) is 11.1 Å². The first kappa shape index (κ1) is 16.7. The largest absolute Gasteiger partial charge is 0.479 e. The monoisotopic (exact) mass is 356 g/mol. The number of aromatic amines is 1. The number of amides is 1. The number of carboxylic acid groups (broad SMARTS) is 1. The number of halogens is 1. The minimum Gasteiger partial charge on any atom is -0.479 e. The predicted octanol–water partition coefficient (Wildman–Crippen LogP) is 2.74. The Balaban J connectivity index is 2.02. The molecule has 1 atom stereocenters. The molecule has 25 heavy (non-hydrogen) atoms. The van der Waals surface area contributed by atoms with Crippen LogP contribution in [0.15, 0.2) is 59.4 Å². The molecule has 2 aromatic carbocycles. The van der Waals surface area contributed by atoms with Crippen LogP contribution >= 0.6 is 11.6 Å². The number of carboxylic acids is 1. The lowest BCUT2D eigenvalue weighted by atomic mass is 10.0. The van der Waals surface area contributed by atoms with E-state index in [4.69, 9.17) is 11.6 Å². The molecule has 3 N–H and O–H groups in total. The summed E-state index contributed by atoms with van der Waals surface area (Å²) in [5.41, 5.74) is 0.539. The summed E-state index contributed by atoms with van der Waals surface area (Å²) in [6.07, 6.45) is 0. The molecular formula is C18H13ClN2O4. The van der Waals surface area contributed by atoms with E-state index >= 15 is 0 Å². The Morgan fingerprint density at radius 2 is 1.76 bits per heavy atom. The first-order chi connectivity index (χ1) is 12.0. The summed E-state index contributed by atoms with van der Waals surface area (Å²) in [7, 11) is 0. The summed E-state index contributed by atoms with van der Waals surface area (Å²) in [6.45, 7) is 0. The molecule has 0 saturated carbocycles. The predicted molar refractivity (Wildman–Crippen MR) is 93.9 cm³/mol. The van der Waals surface area contributed by atoms with Crippen molar-refractivity contribution in [1.82, 2.24) is 10.3 Å². The SMILES string of the molecule is O=C(NC(C(=O)O)c1cc(=O)[nH]c2ccccc12)c1ccc(Cl)cc1. The lowest BCUT2D eigenvalue weighted by Gasteiger charge is -2.17. The van der Waals surface area contributed by atoms with Crippen LogP contribution in [0.1, 0.15) is 22.0 Å². The average Bonchev–Trinajstić information content (AvgIpc) is 2.59. The smallest absolute Gasteiger partial charge is 0.330 e. The van der Waals surface area contributed by atoms with E-state index in [2.05, 4.69) is 10.3 Å². The van der Waals surface area contributed by atoms with Crippen molar-refractivity contribution in [3.63, 3.8) is 0 Å². The third kappa shape index (κ3) is 3.54. The van der Waals surface area contributed by atoms with Crippen LogP contribution in [-0.2, 0) is 4.79 Å². The van der Waals surface area contributed by atoms with Gasteiger partial charge in [0.1, 0.15) is 0 Å². The fraction of sp³-hybridized carbons (Fsp3) is 0.0556. The van der Waals surface area contributed by atoms with Crippen LogP contribution in [0.5, 0.6) is 0 Å². The van der Waals surface area contributed by atoms with Gasteiger partial charge < -0.3 is 15.4 Å². The Morgan fingerprint density at radius 1 is 1.08 bits per heavy atom. The van der Waals surface area contributed by atoms with E-state index in [0.717, 1.165) is 0 Å². The molecule has 0 aliphatic rings. The zero-order valence-electron chi connectivity index (χ0n) is 12.8. The molecule has 1 amide bonds. The van der Waals surface area contributed by atoms with Gasteiger partial charge in [-0.25, -0.2) is 4.79 Å². The summed E-state index contributed by atoms with van der Waals surface area (Å²) in [5, 5.41) is 13.0. The highest BCUT2D eigenvalue weighted by Gasteiger charge is 2.25. The number of carbonyl (C=O) groups excluding carboxylic acids is 1. The summed E-state index contributed by atoms with van der Waals surface area (Å²) in [4.78, 5) is 38.6. The van der Waals surface area contributed by atoms with Gasteiger partial charge in [-0.1, -0.05) is 29.8 Å². The van der Waals surface area contributed by atoms with Gasteiger partial charge in [0, 0.05) is 33.1 Å². The molecular weight excluding hydrogens is 344 g/mol. The molecule has 0 radical (unpaired) electrons. The molecule has 0 bridgehead atoms. The average molecular weight is 357 g/mol. The number of rotatable bonds is 4. The number of hydrogen-bond donors (Lipinski definition) is 3. The zero-order chi connectivity index (χ0) is 18.0. The first-order valence-electron chi connectivity index (χ1n) is 7.37. The minimum atomic E-state index is -1.37. The molecule has 3 aromatic rings. The number of pyridine rings is 1. The van der Waals surface area contributed by atoms with Gasteiger partial charge in [-0.3, -0.25) is 9.59 Å². The Bertz CT molecular complexity index is 1010. The number of nitrogens with one attached hydrogen (secondary N) is 2. The van der Waals surface area contributed by atoms with Crippen LogP contribution in [-0.4, -0.2) is 22.0 Å². The van der Waals surface area contributed by atoms with Gasteiger partial charge in [-0.05, 0) is 30.3 Å². The third-order valence-corrected chi connectivity index (χ3v) is 3.97. The molecule has 1 unspecified atom stereocenters. The zero-order valence-corrected chi connectivity index (χ0v) is 13.6. The van der Waals surface area contributed by atoms with Crippen LogP contribution in [0, 0.1) is 0 Å². The van der Waals surface area contributed by atoms with Crippen LogP contribution in [0.2, 0.25) is 5.02 Å². The summed E-state index contributed by atoms with van der Waals surface area (Å²) in [5.74, 6) is -1.84. The molecule has 0 fully saturated rings. The second-order valence-electron chi connectivity index (χ2n) is 5.39. The minimum absolute atomic E-state index is 0.217. The van der Waals surface area contributed by atoms with Crippen molar-refractivity contribution in [3.05, 3.63) is 81.1 Å².